The summed E-state index contributed by atoms with van der Waals surface area (Å²) < 4.78 is 16.5. The second-order valence-electron chi connectivity index (χ2n) is 10.5. The van der Waals surface area contributed by atoms with Crippen molar-refractivity contribution < 1.29 is 34.0 Å². The van der Waals surface area contributed by atoms with E-state index in [1.54, 1.807) is 6.92 Å². The minimum absolute atomic E-state index is 0.104. The van der Waals surface area contributed by atoms with Crippen LogP contribution in [0.4, 0.5) is 5.69 Å². The van der Waals surface area contributed by atoms with Crippen molar-refractivity contribution in [2.24, 2.45) is 0 Å². The maximum absolute atomic E-state index is 11.8. The first kappa shape index (κ1) is 35.2. The normalized spacial score (nSPS) is 16.4. The molecule has 1 aliphatic heterocycles. The number of amides is 1. The van der Waals surface area contributed by atoms with Crippen molar-refractivity contribution in [1.29, 1.82) is 0 Å². The molecule has 238 valence electrons. The molecule has 0 aromatic heterocycles. The molecule has 1 heterocycles. The Balaban J connectivity index is 1.24. The molecule has 1 amide bonds. The molecule has 0 bridgehead atoms. The summed E-state index contributed by atoms with van der Waals surface area (Å²) in [5, 5.41) is 26.7. The molecule has 0 spiro atoms. The Bertz CT molecular complexity index is 1190. The number of carbonyl (C=O) groups excluding carboxylic acids is 2. The smallest absolute Gasteiger partial charge is 0.252 e. The number of aliphatic hydroxyl groups excluding tert-OH is 2. The van der Waals surface area contributed by atoms with E-state index < -0.39 is 23.9 Å². The fraction of sp³-hybridized carbons (Fsp3) is 0.548. The fourth-order valence-corrected chi connectivity index (χ4v) is 5.44. The Hall–Kier alpha value is -2.28. The molecule has 0 radical (unpaired) electrons. The SMILES string of the molecule is CCCC(=O)C(O)C(O)C(=O)NCCOCCOCCOCCNc1cccc(C2CN(C)Cc3c(Cl)cc(Cl)cc32)c1. The molecule has 3 rings (SSSR count). The quantitative estimate of drug-likeness (QED) is 0.171. The van der Waals surface area contributed by atoms with Gasteiger partial charge in [-0.15, -0.1) is 0 Å². The van der Waals surface area contributed by atoms with Gasteiger partial charge in [-0.2, -0.15) is 0 Å². The first-order valence-corrected chi connectivity index (χ1v) is 15.4. The number of aliphatic hydroxyl groups is 2. The average Bonchev–Trinajstić information content (AvgIpc) is 2.99. The minimum atomic E-state index is -1.79. The second-order valence-corrected chi connectivity index (χ2v) is 11.3. The largest absolute Gasteiger partial charge is 0.383 e. The number of nitrogens with zero attached hydrogens (tertiary/aromatic N) is 1. The summed E-state index contributed by atoms with van der Waals surface area (Å²) in [5.41, 5.74) is 4.53. The van der Waals surface area contributed by atoms with Crippen LogP contribution in [0.25, 0.3) is 0 Å². The third kappa shape index (κ3) is 11.3. The molecular formula is C31H43Cl2N3O7. The van der Waals surface area contributed by atoms with Gasteiger partial charge < -0.3 is 40.0 Å². The Morgan fingerprint density at radius 2 is 1.65 bits per heavy atom. The summed E-state index contributed by atoms with van der Waals surface area (Å²) >= 11 is 12.8. The molecule has 3 unspecified atom stereocenters. The van der Waals surface area contributed by atoms with E-state index in [1.807, 2.05) is 24.3 Å². The summed E-state index contributed by atoms with van der Waals surface area (Å²) in [5.74, 6) is -1.19. The number of halogens is 2. The summed E-state index contributed by atoms with van der Waals surface area (Å²) in [6, 6.07) is 12.2. The van der Waals surface area contributed by atoms with E-state index in [9.17, 15) is 19.8 Å². The number of fused-ring (bicyclic) bond motifs is 1. The lowest BCUT2D eigenvalue weighted by molar-refractivity contribution is -0.145. The van der Waals surface area contributed by atoms with Gasteiger partial charge in [0.05, 0.1) is 39.6 Å². The van der Waals surface area contributed by atoms with E-state index >= 15 is 0 Å². The molecule has 3 atom stereocenters. The van der Waals surface area contributed by atoms with Gasteiger partial charge in [0.15, 0.2) is 11.9 Å². The van der Waals surface area contributed by atoms with Gasteiger partial charge in [-0.05, 0) is 54.4 Å². The van der Waals surface area contributed by atoms with Gasteiger partial charge in [-0.3, -0.25) is 9.59 Å². The zero-order valence-electron chi connectivity index (χ0n) is 24.8. The molecule has 0 fully saturated rings. The Kier molecular flexibility index (Phi) is 15.2. The van der Waals surface area contributed by atoms with Crippen molar-refractivity contribution in [2.45, 2.75) is 44.4 Å². The lowest BCUT2D eigenvalue weighted by atomic mass is 9.84. The van der Waals surface area contributed by atoms with E-state index in [2.05, 4.69) is 34.7 Å². The Morgan fingerprint density at radius 3 is 2.35 bits per heavy atom. The topological polar surface area (TPSA) is 130 Å². The van der Waals surface area contributed by atoms with Crippen LogP contribution < -0.4 is 10.6 Å². The summed E-state index contributed by atoms with van der Waals surface area (Å²) in [4.78, 5) is 25.7. The highest BCUT2D eigenvalue weighted by atomic mass is 35.5. The molecule has 2 aromatic carbocycles. The molecule has 43 heavy (non-hydrogen) atoms. The Labute approximate surface area is 263 Å². The number of nitrogens with one attached hydrogen (secondary N) is 2. The van der Waals surface area contributed by atoms with E-state index in [-0.39, 0.29) is 25.5 Å². The molecule has 10 nitrogen and oxygen atoms in total. The number of rotatable bonds is 19. The molecule has 0 saturated heterocycles. The predicted octanol–water partition coefficient (Wildman–Crippen LogP) is 3.24. The number of hydrogen-bond acceptors (Lipinski definition) is 9. The summed E-state index contributed by atoms with van der Waals surface area (Å²) in [6.45, 7) is 6.53. The first-order valence-electron chi connectivity index (χ1n) is 14.6. The summed E-state index contributed by atoms with van der Waals surface area (Å²) in [6.07, 6.45) is -2.87. The molecular weight excluding hydrogens is 597 g/mol. The highest BCUT2D eigenvalue weighted by Gasteiger charge is 2.29. The second kappa shape index (κ2) is 18.5. The number of likely N-dealkylation sites (N-methyl/N-ethyl adjacent to an activating group) is 1. The standard InChI is InChI=1S/C31H43Cl2N3O7/c1-3-5-28(37)29(38)30(39)31(40)35-9-11-42-13-15-43-14-12-41-10-8-34-23-7-4-6-21(16-23)25-19-36(2)20-26-24(25)17-22(32)18-27(26)33/h4,6-7,16-18,25,29-30,34,38-39H,3,5,8-15,19-20H2,1-2H3,(H,35,40). The maximum Gasteiger partial charge on any atom is 0.252 e. The number of carbonyl (C=O) groups is 2. The van der Waals surface area contributed by atoms with Crippen LogP contribution in [0.2, 0.25) is 10.0 Å². The average molecular weight is 641 g/mol. The first-order chi connectivity index (χ1) is 20.7. The van der Waals surface area contributed by atoms with Gasteiger partial charge in [-0.25, -0.2) is 0 Å². The van der Waals surface area contributed by atoms with Gasteiger partial charge >= 0.3 is 0 Å². The van der Waals surface area contributed by atoms with Crippen LogP contribution in [0.15, 0.2) is 36.4 Å². The van der Waals surface area contributed by atoms with Crippen LogP contribution in [0.1, 0.15) is 42.4 Å². The van der Waals surface area contributed by atoms with E-state index in [1.165, 1.54) is 11.1 Å². The van der Waals surface area contributed by atoms with Crippen molar-refractivity contribution >= 4 is 40.6 Å². The number of ether oxygens (including phenoxy) is 3. The Morgan fingerprint density at radius 1 is 0.977 bits per heavy atom. The van der Waals surface area contributed by atoms with Crippen molar-refractivity contribution in [3.63, 3.8) is 0 Å². The summed E-state index contributed by atoms with van der Waals surface area (Å²) in [7, 11) is 2.10. The van der Waals surface area contributed by atoms with Crippen LogP contribution >= 0.6 is 23.2 Å². The fourth-order valence-electron chi connectivity index (χ4n) is 4.87. The lowest BCUT2D eigenvalue weighted by Crippen LogP contribution is -2.46. The van der Waals surface area contributed by atoms with Gasteiger partial charge in [-0.1, -0.05) is 42.3 Å². The monoisotopic (exact) mass is 639 g/mol. The van der Waals surface area contributed by atoms with Crippen molar-refractivity contribution in [3.8, 4) is 0 Å². The highest BCUT2D eigenvalue weighted by molar-refractivity contribution is 6.35. The van der Waals surface area contributed by atoms with Gasteiger partial charge in [0.25, 0.3) is 5.91 Å². The third-order valence-electron chi connectivity index (χ3n) is 7.04. The van der Waals surface area contributed by atoms with Gasteiger partial charge in [0.1, 0.15) is 6.10 Å². The van der Waals surface area contributed by atoms with Crippen molar-refractivity contribution in [1.82, 2.24) is 10.2 Å². The van der Waals surface area contributed by atoms with Crippen LogP contribution in [0.3, 0.4) is 0 Å². The van der Waals surface area contributed by atoms with Gasteiger partial charge in [0, 0.05) is 54.3 Å². The van der Waals surface area contributed by atoms with Crippen molar-refractivity contribution in [2.75, 3.05) is 71.6 Å². The van der Waals surface area contributed by atoms with Gasteiger partial charge in [0.2, 0.25) is 0 Å². The third-order valence-corrected chi connectivity index (χ3v) is 7.60. The van der Waals surface area contributed by atoms with Crippen molar-refractivity contribution in [3.05, 3.63) is 63.1 Å². The molecule has 12 heteroatoms. The lowest BCUT2D eigenvalue weighted by Gasteiger charge is -2.33. The zero-order chi connectivity index (χ0) is 31.2. The minimum Gasteiger partial charge on any atom is -0.383 e. The maximum atomic E-state index is 11.8. The molecule has 4 N–H and O–H groups in total. The molecule has 0 saturated carbocycles. The van der Waals surface area contributed by atoms with Crippen LogP contribution in [-0.4, -0.2) is 105 Å². The number of benzene rings is 2. The molecule has 0 aliphatic carbocycles. The zero-order valence-corrected chi connectivity index (χ0v) is 26.3. The van der Waals surface area contributed by atoms with E-state index in [4.69, 9.17) is 37.4 Å². The predicted molar refractivity (Wildman–Crippen MR) is 167 cm³/mol. The molecule has 1 aliphatic rings. The van der Waals surface area contributed by atoms with Crippen LogP contribution in [-0.2, 0) is 30.3 Å². The number of anilines is 1. The number of hydrogen-bond donors (Lipinski definition) is 4. The number of ketones is 1. The number of Topliss-reactive ketones (excluding diaryl/α,β-unsaturated/α-hetero) is 1. The van der Waals surface area contributed by atoms with Crippen LogP contribution in [0, 0.1) is 0 Å². The van der Waals surface area contributed by atoms with E-state index in [0.717, 1.165) is 24.3 Å². The van der Waals surface area contributed by atoms with Crippen LogP contribution in [0.5, 0.6) is 0 Å². The van der Waals surface area contributed by atoms with E-state index in [0.29, 0.717) is 56.0 Å². The molecule has 2 aromatic rings. The highest BCUT2D eigenvalue weighted by Crippen LogP contribution is 2.38.